The lowest BCUT2D eigenvalue weighted by Crippen LogP contribution is -2.50. The first-order valence-electron chi connectivity index (χ1n) is 16.0. The van der Waals surface area contributed by atoms with Crippen LogP contribution in [-0.4, -0.2) is 96.3 Å². The molecule has 0 aliphatic carbocycles. The third-order valence-electron chi connectivity index (χ3n) is 7.81. The highest BCUT2D eigenvalue weighted by molar-refractivity contribution is 7.46. The lowest BCUT2D eigenvalue weighted by molar-refractivity contribution is -0.137. The fourth-order valence-electron chi connectivity index (χ4n) is 5.21. The highest BCUT2D eigenvalue weighted by Crippen LogP contribution is 2.39. The number of ketones is 2. The second-order valence-electron chi connectivity index (χ2n) is 12.5. The van der Waals surface area contributed by atoms with Gasteiger partial charge in [0.05, 0.1) is 43.5 Å². The van der Waals surface area contributed by atoms with Gasteiger partial charge in [-0.25, -0.2) is 9.55 Å². The number of aromatic amines is 1. The number of rotatable bonds is 22. The van der Waals surface area contributed by atoms with E-state index in [0.717, 1.165) is 12.5 Å². The minimum Gasteiger partial charge on any atom is -0.394 e. The molecule has 0 spiro atoms. The Balaban J connectivity index is 2.22. The van der Waals surface area contributed by atoms with Crippen LogP contribution in [0.15, 0.2) is 42.9 Å². The second-order valence-corrected chi connectivity index (χ2v) is 13.7. The fraction of sp³-hybridized carbons (Fsp3) is 0.531. The number of hydrogen-bond donors (Lipinski definition) is 7. The molecule has 4 amide bonds. The lowest BCUT2D eigenvalue weighted by atomic mass is 9.89. The molecule has 0 bridgehead atoms. The van der Waals surface area contributed by atoms with Crippen molar-refractivity contribution in [2.75, 3.05) is 13.2 Å². The predicted molar refractivity (Wildman–Crippen MR) is 178 cm³/mol. The normalized spacial score (nSPS) is 14.6. The first kappa shape index (κ1) is 41.9. The molecule has 50 heavy (non-hydrogen) atoms. The molecule has 18 heteroatoms. The number of aliphatic hydroxyl groups excluding tert-OH is 1. The van der Waals surface area contributed by atoms with Gasteiger partial charge in [-0.05, 0) is 24.8 Å². The van der Waals surface area contributed by atoms with Crippen molar-refractivity contribution in [3.8, 4) is 0 Å². The van der Waals surface area contributed by atoms with Gasteiger partial charge in [-0.2, -0.15) is 0 Å². The summed E-state index contributed by atoms with van der Waals surface area (Å²) in [6.07, 6.45) is 0.390. The van der Waals surface area contributed by atoms with E-state index in [1.54, 1.807) is 0 Å². The van der Waals surface area contributed by atoms with Crippen molar-refractivity contribution < 1.29 is 52.7 Å². The van der Waals surface area contributed by atoms with Crippen molar-refractivity contribution in [2.24, 2.45) is 23.5 Å². The molecule has 2 aromatic rings. The summed E-state index contributed by atoms with van der Waals surface area (Å²) in [5.74, 6) is -6.87. The fourth-order valence-corrected chi connectivity index (χ4v) is 5.79. The number of amides is 4. The van der Waals surface area contributed by atoms with Gasteiger partial charge in [-0.1, -0.05) is 44.2 Å². The van der Waals surface area contributed by atoms with Crippen LogP contribution in [-0.2, 0) is 50.8 Å². The topological polar surface area (TPSA) is 271 Å². The van der Waals surface area contributed by atoms with E-state index >= 15 is 0 Å². The summed E-state index contributed by atoms with van der Waals surface area (Å²) < 4.78 is 15.8. The van der Waals surface area contributed by atoms with Crippen molar-refractivity contribution in [2.45, 2.75) is 78.1 Å². The highest BCUT2D eigenvalue weighted by atomic mass is 31.2. The number of carbonyl (C=O) groups is 6. The number of Topliss-reactive ketones (excluding diaryl/α,β-unsaturated/α-hetero) is 2. The molecule has 276 valence electrons. The molecule has 0 unspecified atom stereocenters. The monoisotopic (exact) mass is 722 g/mol. The van der Waals surface area contributed by atoms with Crippen LogP contribution < -0.4 is 16.4 Å². The molecule has 17 nitrogen and oxygen atoms in total. The maximum Gasteiger partial charge on any atom is 0.469 e. The summed E-state index contributed by atoms with van der Waals surface area (Å²) in [5, 5.41) is 15.1. The van der Waals surface area contributed by atoms with Gasteiger partial charge in [0.1, 0.15) is 6.04 Å². The van der Waals surface area contributed by atoms with Gasteiger partial charge in [0, 0.05) is 44.6 Å². The number of phosphoric ester groups is 1. The van der Waals surface area contributed by atoms with Gasteiger partial charge in [-0.3, -0.25) is 33.3 Å². The Kier molecular flexibility index (Phi) is 16.6. The number of nitrogens with two attached hydrogens (primary N) is 1. The summed E-state index contributed by atoms with van der Waals surface area (Å²) in [6, 6.07) is 6.48. The molecule has 1 heterocycles. The Labute approximate surface area is 290 Å². The summed E-state index contributed by atoms with van der Waals surface area (Å²) in [4.78, 5) is 104. The van der Waals surface area contributed by atoms with Crippen molar-refractivity contribution in [3.05, 3.63) is 54.1 Å². The van der Waals surface area contributed by atoms with E-state index in [-0.39, 0.29) is 37.8 Å². The molecule has 0 aliphatic rings. The van der Waals surface area contributed by atoms with E-state index in [0.29, 0.717) is 5.69 Å². The largest absolute Gasteiger partial charge is 0.469 e. The summed E-state index contributed by atoms with van der Waals surface area (Å²) >= 11 is 0. The summed E-state index contributed by atoms with van der Waals surface area (Å²) in [5.41, 5.74) is 6.62. The lowest BCUT2D eigenvalue weighted by Gasteiger charge is -2.26. The number of nitrogens with one attached hydrogen (secondary N) is 3. The zero-order valence-electron chi connectivity index (χ0n) is 28.5. The molecule has 0 aliphatic heterocycles. The number of carbonyl (C=O) groups excluding carboxylic acids is 6. The number of phosphoric acid groups is 1. The molecule has 0 radical (unpaired) electrons. The van der Waals surface area contributed by atoms with Crippen LogP contribution in [0.2, 0.25) is 0 Å². The average molecular weight is 723 g/mol. The van der Waals surface area contributed by atoms with Crippen LogP contribution in [0.4, 0.5) is 0 Å². The maximum absolute atomic E-state index is 13.7. The quantitative estimate of drug-likeness (QED) is 0.0800. The smallest absolute Gasteiger partial charge is 0.394 e. The van der Waals surface area contributed by atoms with Gasteiger partial charge < -0.3 is 41.1 Å². The van der Waals surface area contributed by atoms with Gasteiger partial charge >= 0.3 is 7.82 Å². The molecule has 0 saturated carbocycles. The first-order valence-corrected chi connectivity index (χ1v) is 17.5. The molecule has 5 atom stereocenters. The molecule has 0 saturated heterocycles. The number of benzene rings is 1. The number of aromatic nitrogens is 2. The average Bonchev–Trinajstić information content (AvgIpc) is 3.53. The molecule has 2 rings (SSSR count). The summed E-state index contributed by atoms with van der Waals surface area (Å²) in [6.45, 7) is 5.13. The molecular weight excluding hydrogens is 675 g/mol. The maximum atomic E-state index is 13.7. The van der Waals surface area contributed by atoms with Gasteiger partial charge in [-0.15, -0.1) is 0 Å². The SMILES string of the molecule is CC(=O)N(CC(=O)N[C@@H](CC(C)C)C(=O)C[C@@H](Cc1cnc[nH]1)C(=O)N[C@@H](CO)C(=O)C[C@H](C(N)=O)[C@@H](C)OP(=O)(O)O)Cc1ccccc1. The van der Waals surface area contributed by atoms with E-state index in [9.17, 15) is 38.4 Å². The van der Waals surface area contributed by atoms with Crippen molar-refractivity contribution in [1.29, 1.82) is 0 Å². The molecule has 1 aromatic carbocycles. The minimum atomic E-state index is -5.04. The van der Waals surface area contributed by atoms with Gasteiger partial charge in [0.15, 0.2) is 11.6 Å². The first-order chi connectivity index (χ1) is 23.4. The standard InChI is InChI=1S/C32H47N6O11P/c1-19(2)10-26(36-30(43)16-38(21(4)40)15-22-8-6-5-7-9-22)28(41)12-23(11-24-14-34-18-35-24)32(45)37-27(17-39)29(42)13-25(31(33)44)20(3)49-50(46,47)48/h5-9,14,18-20,23,25-27,39H,10-13,15-17H2,1-4H3,(H2,33,44)(H,34,35)(H,36,43)(H,37,45)(H2,46,47,48)/t20-,23-,25+,26+,27+/m1/s1. The molecular formula is C32H47N6O11P. The Morgan fingerprint density at radius 2 is 1.64 bits per heavy atom. The van der Waals surface area contributed by atoms with Crippen LogP contribution in [0, 0.1) is 17.8 Å². The van der Waals surface area contributed by atoms with Crippen LogP contribution in [0.5, 0.6) is 0 Å². The predicted octanol–water partition coefficient (Wildman–Crippen LogP) is 0.143. The number of aliphatic hydroxyl groups is 1. The highest BCUT2D eigenvalue weighted by Gasteiger charge is 2.35. The number of nitrogens with zero attached hydrogens (tertiary/aromatic N) is 2. The number of H-pyrrole nitrogens is 1. The number of primary amides is 1. The third-order valence-corrected chi connectivity index (χ3v) is 8.42. The van der Waals surface area contributed by atoms with Crippen LogP contribution >= 0.6 is 7.82 Å². The van der Waals surface area contributed by atoms with Crippen molar-refractivity contribution in [3.63, 3.8) is 0 Å². The Bertz CT molecular complexity index is 1500. The van der Waals surface area contributed by atoms with E-state index in [1.165, 1.54) is 24.3 Å². The van der Waals surface area contributed by atoms with Gasteiger partial charge in [0.2, 0.25) is 23.6 Å². The Morgan fingerprint density at radius 1 is 1.00 bits per heavy atom. The minimum absolute atomic E-state index is 0.0431. The van der Waals surface area contributed by atoms with Crippen LogP contribution in [0.3, 0.4) is 0 Å². The molecule has 1 aromatic heterocycles. The number of imidazole rings is 1. The van der Waals surface area contributed by atoms with E-state index < -0.39 is 86.6 Å². The van der Waals surface area contributed by atoms with Crippen LogP contribution in [0.1, 0.15) is 58.2 Å². The molecule has 8 N–H and O–H groups in total. The van der Waals surface area contributed by atoms with Crippen molar-refractivity contribution in [1.82, 2.24) is 25.5 Å². The van der Waals surface area contributed by atoms with Gasteiger partial charge in [0.25, 0.3) is 0 Å². The molecule has 0 fully saturated rings. The van der Waals surface area contributed by atoms with Crippen LogP contribution in [0.25, 0.3) is 0 Å². The second kappa shape index (κ2) is 19.8. The van der Waals surface area contributed by atoms with E-state index in [2.05, 4.69) is 25.1 Å². The van der Waals surface area contributed by atoms with E-state index in [1.807, 2.05) is 44.2 Å². The zero-order chi connectivity index (χ0) is 37.6. The van der Waals surface area contributed by atoms with Crippen molar-refractivity contribution >= 4 is 43.0 Å². The Morgan fingerprint density at radius 3 is 2.16 bits per heavy atom. The zero-order valence-corrected chi connectivity index (χ0v) is 29.4. The van der Waals surface area contributed by atoms with E-state index in [4.69, 9.17) is 15.5 Å². The Hall–Kier alpha value is -4.28. The summed E-state index contributed by atoms with van der Waals surface area (Å²) in [7, 11) is -5.04. The number of hydrogen-bond acceptors (Lipinski definition) is 10. The third kappa shape index (κ3) is 14.7.